The van der Waals surface area contributed by atoms with Crippen molar-refractivity contribution in [1.82, 2.24) is 5.06 Å². The molecule has 0 heterocycles. The molecule has 0 unspecified atom stereocenters. The molecule has 1 atom stereocenters. The standard InChI is InChI=1S/C11H15FN2O2/c1-7(13)8-4-5-9(10(12)6-8)11(15)14(2)16-3/h4-7H,13H2,1-3H3/t7-/m0/s1. The number of halogens is 1. The molecule has 1 aromatic rings. The van der Waals surface area contributed by atoms with E-state index in [-0.39, 0.29) is 11.6 Å². The molecule has 0 radical (unpaired) electrons. The molecule has 1 rings (SSSR count). The van der Waals surface area contributed by atoms with Gasteiger partial charge in [-0.25, -0.2) is 9.45 Å². The zero-order chi connectivity index (χ0) is 12.3. The zero-order valence-corrected chi connectivity index (χ0v) is 9.53. The maximum Gasteiger partial charge on any atom is 0.280 e. The maximum absolute atomic E-state index is 13.6. The van der Waals surface area contributed by atoms with Gasteiger partial charge in [-0.15, -0.1) is 0 Å². The summed E-state index contributed by atoms with van der Waals surface area (Å²) in [6.45, 7) is 1.75. The summed E-state index contributed by atoms with van der Waals surface area (Å²) in [5.74, 6) is -1.13. The molecule has 0 saturated heterocycles. The minimum atomic E-state index is -0.594. The molecule has 2 N–H and O–H groups in total. The third-order valence-electron chi connectivity index (χ3n) is 2.31. The Labute approximate surface area is 93.8 Å². The lowest BCUT2D eigenvalue weighted by molar-refractivity contribution is -0.0759. The molecule has 5 heteroatoms. The first-order chi connectivity index (χ1) is 7.47. The SMILES string of the molecule is CON(C)C(=O)c1ccc([C@H](C)N)cc1F. The fourth-order valence-corrected chi connectivity index (χ4v) is 1.24. The van der Waals surface area contributed by atoms with Gasteiger partial charge in [0, 0.05) is 13.1 Å². The van der Waals surface area contributed by atoms with Crippen LogP contribution in [0.1, 0.15) is 28.9 Å². The van der Waals surface area contributed by atoms with Gasteiger partial charge in [0.2, 0.25) is 0 Å². The van der Waals surface area contributed by atoms with E-state index in [1.54, 1.807) is 13.0 Å². The fraction of sp³-hybridized carbons (Fsp3) is 0.364. The number of hydrogen-bond donors (Lipinski definition) is 1. The van der Waals surface area contributed by atoms with E-state index in [0.29, 0.717) is 5.56 Å². The highest BCUT2D eigenvalue weighted by Crippen LogP contribution is 2.16. The lowest BCUT2D eigenvalue weighted by atomic mass is 10.1. The molecule has 0 saturated carbocycles. The molecule has 0 aliphatic carbocycles. The monoisotopic (exact) mass is 226 g/mol. The van der Waals surface area contributed by atoms with Crippen molar-refractivity contribution in [2.24, 2.45) is 5.73 Å². The highest BCUT2D eigenvalue weighted by atomic mass is 19.1. The molecular formula is C11H15FN2O2. The average Bonchev–Trinajstić information content (AvgIpc) is 2.26. The van der Waals surface area contributed by atoms with Crippen LogP contribution in [0.15, 0.2) is 18.2 Å². The number of amides is 1. The minimum absolute atomic E-state index is 0.0336. The molecule has 1 aromatic carbocycles. The summed E-state index contributed by atoms with van der Waals surface area (Å²) >= 11 is 0. The molecule has 0 aromatic heterocycles. The third kappa shape index (κ3) is 2.56. The Morgan fingerprint density at radius 2 is 2.19 bits per heavy atom. The first kappa shape index (κ1) is 12.6. The summed E-state index contributed by atoms with van der Waals surface area (Å²) in [5.41, 5.74) is 6.22. The van der Waals surface area contributed by atoms with E-state index in [1.165, 1.54) is 26.3 Å². The van der Waals surface area contributed by atoms with E-state index < -0.39 is 11.7 Å². The Morgan fingerprint density at radius 1 is 1.56 bits per heavy atom. The number of hydrogen-bond acceptors (Lipinski definition) is 3. The minimum Gasteiger partial charge on any atom is -0.324 e. The van der Waals surface area contributed by atoms with Crippen molar-refractivity contribution in [3.8, 4) is 0 Å². The second-order valence-electron chi connectivity index (χ2n) is 3.51. The van der Waals surface area contributed by atoms with Crippen LogP contribution in [-0.2, 0) is 4.84 Å². The van der Waals surface area contributed by atoms with Crippen LogP contribution in [0.2, 0.25) is 0 Å². The lowest BCUT2D eigenvalue weighted by Gasteiger charge is -2.14. The molecule has 16 heavy (non-hydrogen) atoms. The van der Waals surface area contributed by atoms with Crippen LogP contribution in [0.5, 0.6) is 0 Å². The Hall–Kier alpha value is -1.46. The highest BCUT2D eigenvalue weighted by molar-refractivity contribution is 5.93. The van der Waals surface area contributed by atoms with Crippen LogP contribution in [-0.4, -0.2) is 25.1 Å². The van der Waals surface area contributed by atoms with Crippen molar-refractivity contribution >= 4 is 5.91 Å². The predicted octanol–water partition coefficient (Wildman–Crippen LogP) is 1.48. The Balaban J connectivity index is 3.04. The van der Waals surface area contributed by atoms with E-state index in [0.717, 1.165) is 5.06 Å². The van der Waals surface area contributed by atoms with Gasteiger partial charge in [-0.1, -0.05) is 6.07 Å². The first-order valence-electron chi connectivity index (χ1n) is 4.84. The topological polar surface area (TPSA) is 55.6 Å². The van der Waals surface area contributed by atoms with Gasteiger partial charge in [-0.05, 0) is 24.6 Å². The summed E-state index contributed by atoms with van der Waals surface area (Å²) < 4.78 is 13.6. The van der Waals surface area contributed by atoms with Crippen LogP contribution in [0.4, 0.5) is 4.39 Å². The summed E-state index contributed by atoms with van der Waals surface area (Å²) in [7, 11) is 2.76. The Kier molecular flexibility index (Phi) is 3.98. The maximum atomic E-state index is 13.6. The van der Waals surface area contributed by atoms with Crippen molar-refractivity contribution in [3.05, 3.63) is 35.1 Å². The number of nitrogens with zero attached hydrogens (tertiary/aromatic N) is 1. The van der Waals surface area contributed by atoms with Crippen LogP contribution in [0.3, 0.4) is 0 Å². The first-order valence-corrected chi connectivity index (χ1v) is 4.84. The summed E-state index contributed by atoms with van der Waals surface area (Å²) in [5, 5.41) is 0.962. The van der Waals surface area contributed by atoms with Gasteiger partial charge in [0.05, 0.1) is 12.7 Å². The van der Waals surface area contributed by atoms with Crippen molar-refractivity contribution in [1.29, 1.82) is 0 Å². The fourth-order valence-electron chi connectivity index (χ4n) is 1.24. The smallest absolute Gasteiger partial charge is 0.280 e. The summed E-state index contributed by atoms with van der Waals surface area (Å²) in [4.78, 5) is 16.3. The van der Waals surface area contributed by atoms with Crippen LogP contribution >= 0.6 is 0 Å². The number of rotatable bonds is 3. The number of carbonyl (C=O) groups excluding carboxylic acids is 1. The summed E-state index contributed by atoms with van der Waals surface area (Å²) in [6, 6.07) is 4.04. The van der Waals surface area contributed by atoms with Crippen LogP contribution in [0, 0.1) is 5.82 Å². The molecule has 0 fully saturated rings. The molecular weight excluding hydrogens is 211 g/mol. The van der Waals surface area contributed by atoms with Crippen molar-refractivity contribution in [2.45, 2.75) is 13.0 Å². The quantitative estimate of drug-likeness (QED) is 0.794. The predicted molar refractivity (Wildman–Crippen MR) is 58.1 cm³/mol. The lowest BCUT2D eigenvalue weighted by Crippen LogP contribution is -2.26. The highest BCUT2D eigenvalue weighted by Gasteiger charge is 2.16. The van der Waals surface area contributed by atoms with Gasteiger partial charge >= 0.3 is 0 Å². The van der Waals surface area contributed by atoms with Gasteiger partial charge in [0.15, 0.2) is 0 Å². The average molecular weight is 226 g/mol. The van der Waals surface area contributed by atoms with Crippen molar-refractivity contribution in [3.63, 3.8) is 0 Å². The molecule has 0 aliphatic rings. The van der Waals surface area contributed by atoms with E-state index in [9.17, 15) is 9.18 Å². The third-order valence-corrected chi connectivity index (χ3v) is 2.31. The second-order valence-corrected chi connectivity index (χ2v) is 3.51. The van der Waals surface area contributed by atoms with Crippen LogP contribution in [0.25, 0.3) is 0 Å². The molecule has 0 aliphatic heterocycles. The van der Waals surface area contributed by atoms with E-state index >= 15 is 0 Å². The van der Waals surface area contributed by atoms with E-state index in [1.807, 2.05) is 0 Å². The molecule has 88 valence electrons. The van der Waals surface area contributed by atoms with Crippen molar-refractivity contribution in [2.75, 3.05) is 14.2 Å². The second kappa shape index (κ2) is 5.05. The Bertz CT molecular complexity index is 394. The largest absolute Gasteiger partial charge is 0.324 e. The zero-order valence-electron chi connectivity index (χ0n) is 9.53. The summed E-state index contributed by atoms with van der Waals surface area (Å²) in [6.07, 6.45) is 0. The van der Waals surface area contributed by atoms with Gasteiger partial charge in [-0.2, -0.15) is 0 Å². The normalized spacial score (nSPS) is 12.3. The number of nitrogens with two attached hydrogens (primary N) is 1. The number of hydroxylamine groups is 2. The molecule has 0 bridgehead atoms. The molecule has 1 amide bonds. The van der Waals surface area contributed by atoms with Gasteiger partial charge in [-0.3, -0.25) is 9.63 Å². The molecule has 4 nitrogen and oxygen atoms in total. The van der Waals surface area contributed by atoms with Gasteiger partial charge < -0.3 is 5.73 Å². The van der Waals surface area contributed by atoms with E-state index in [4.69, 9.17) is 10.6 Å². The number of carbonyl (C=O) groups is 1. The van der Waals surface area contributed by atoms with Crippen molar-refractivity contribution < 1.29 is 14.0 Å². The van der Waals surface area contributed by atoms with Crippen LogP contribution < -0.4 is 5.73 Å². The van der Waals surface area contributed by atoms with Gasteiger partial charge in [0.25, 0.3) is 5.91 Å². The van der Waals surface area contributed by atoms with E-state index in [2.05, 4.69) is 0 Å². The Morgan fingerprint density at radius 3 is 2.62 bits per heavy atom. The molecule has 0 spiro atoms. The number of benzene rings is 1. The van der Waals surface area contributed by atoms with Gasteiger partial charge in [0.1, 0.15) is 5.82 Å².